The first kappa shape index (κ1) is 14.6. The number of carbonyl (C=O) groups is 1. The zero-order valence-corrected chi connectivity index (χ0v) is 12.8. The number of likely N-dealkylation sites (N-methyl/N-ethyl adjacent to an activating group) is 1. The van der Waals surface area contributed by atoms with Crippen LogP contribution in [0.3, 0.4) is 0 Å². The van der Waals surface area contributed by atoms with Crippen LogP contribution in [0.25, 0.3) is 0 Å². The van der Waals surface area contributed by atoms with E-state index in [2.05, 4.69) is 24.3 Å². The highest BCUT2D eigenvalue weighted by molar-refractivity contribution is 5.81. The van der Waals surface area contributed by atoms with Crippen LogP contribution in [0.4, 0.5) is 0 Å². The molecule has 2 aliphatic rings. The van der Waals surface area contributed by atoms with E-state index in [4.69, 9.17) is 4.74 Å². The van der Waals surface area contributed by atoms with Crippen molar-refractivity contribution >= 4 is 5.91 Å². The summed E-state index contributed by atoms with van der Waals surface area (Å²) >= 11 is 0. The first-order valence-corrected chi connectivity index (χ1v) is 8.16. The van der Waals surface area contributed by atoms with Gasteiger partial charge in [-0.25, -0.2) is 0 Å². The van der Waals surface area contributed by atoms with Crippen molar-refractivity contribution in [3.63, 3.8) is 0 Å². The minimum Gasteiger partial charge on any atom is -0.378 e. The van der Waals surface area contributed by atoms with Crippen molar-refractivity contribution in [3.8, 4) is 0 Å². The molecule has 114 valence electrons. The summed E-state index contributed by atoms with van der Waals surface area (Å²) in [4.78, 5) is 14.4. The molecule has 21 heavy (non-hydrogen) atoms. The Kier molecular flexibility index (Phi) is 4.59. The molecule has 2 saturated heterocycles. The molecule has 1 aromatic rings. The quantitative estimate of drug-likeness (QED) is 0.852. The third-order valence-corrected chi connectivity index (χ3v) is 4.94. The molecule has 3 nitrogen and oxygen atoms in total. The van der Waals surface area contributed by atoms with E-state index in [-0.39, 0.29) is 5.92 Å². The highest BCUT2D eigenvalue weighted by Gasteiger charge is 2.38. The second-order valence-corrected chi connectivity index (χ2v) is 6.45. The molecule has 0 aromatic heterocycles. The van der Waals surface area contributed by atoms with Crippen LogP contribution in [0.15, 0.2) is 30.3 Å². The molecule has 1 aromatic carbocycles. The van der Waals surface area contributed by atoms with Gasteiger partial charge in [-0.15, -0.1) is 0 Å². The van der Waals surface area contributed by atoms with Gasteiger partial charge in [-0.05, 0) is 44.1 Å². The monoisotopic (exact) mass is 287 g/mol. The fraction of sp³-hybridized carbons (Fsp3) is 0.611. The predicted octanol–water partition coefficient (Wildman–Crippen LogP) is 3.04. The van der Waals surface area contributed by atoms with Gasteiger partial charge in [0.05, 0.1) is 6.10 Å². The molecule has 1 amide bonds. The lowest BCUT2D eigenvalue weighted by atomic mass is 9.93. The van der Waals surface area contributed by atoms with E-state index >= 15 is 0 Å². The molecule has 0 aliphatic carbocycles. The van der Waals surface area contributed by atoms with Gasteiger partial charge >= 0.3 is 0 Å². The lowest BCUT2D eigenvalue weighted by molar-refractivity contribution is -0.132. The Labute approximate surface area is 127 Å². The Morgan fingerprint density at radius 2 is 2.05 bits per heavy atom. The van der Waals surface area contributed by atoms with Crippen molar-refractivity contribution in [2.24, 2.45) is 5.92 Å². The van der Waals surface area contributed by atoms with Crippen LogP contribution in [0.2, 0.25) is 0 Å². The molecular weight excluding hydrogens is 262 g/mol. The minimum absolute atomic E-state index is 0.159. The van der Waals surface area contributed by atoms with Crippen molar-refractivity contribution < 1.29 is 9.53 Å². The van der Waals surface area contributed by atoms with Gasteiger partial charge in [0, 0.05) is 25.6 Å². The van der Waals surface area contributed by atoms with Crippen LogP contribution >= 0.6 is 0 Å². The lowest BCUT2D eigenvalue weighted by Crippen LogP contribution is -2.31. The third kappa shape index (κ3) is 3.46. The van der Waals surface area contributed by atoms with Gasteiger partial charge in [-0.2, -0.15) is 0 Å². The number of carbonyl (C=O) groups excluding carboxylic acids is 1. The van der Waals surface area contributed by atoms with Crippen LogP contribution in [0.5, 0.6) is 0 Å². The van der Waals surface area contributed by atoms with Crippen LogP contribution in [0.1, 0.15) is 37.7 Å². The van der Waals surface area contributed by atoms with Crippen molar-refractivity contribution in [2.75, 3.05) is 13.7 Å². The van der Waals surface area contributed by atoms with Gasteiger partial charge in [-0.1, -0.05) is 30.3 Å². The van der Waals surface area contributed by atoms with Gasteiger partial charge in [0.2, 0.25) is 5.91 Å². The van der Waals surface area contributed by atoms with Crippen molar-refractivity contribution in [1.29, 1.82) is 0 Å². The zero-order valence-electron chi connectivity index (χ0n) is 12.8. The summed E-state index contributed by atoms with van der Waals surface area (Å²) in [5.41, 5.74) is 1.32. The molecule has 0 radical (unpaired) electrons. The number of likely N-dealkylation sites (tertiary alicyclic amines) is 1. The van der Waals surface area contributed by atoms with Crippen LogP contribution in [-0.2, 0) is 16.0 Å². The SMILES string of the molecule is CN1C(=O)C(CC2CCCCO2)C[C@@H]1Cc1ccccc1. The molecule has 3 atom stereocenters. The normalized spacial score (nSPS) is 29.9. The molecule has 0 saturated carbocycles. The maximum Gasteiger partial charge on any atom is 0.225 e. The van der Waals surface area contributed by atoms with Crippen molar-refractivity contribution in [2.45, 2.75) is 50.7 Å². The molecule has 2 fully saturated rings. The van der Waals surface area contributed by atoms with E-state index in [1.807, 2.05) is 18.0 Å². The fourth-order valence-corrected chi connectivity index (χ4v) is 3.67. The van der Waals surface area contributed by atoms with E-state index < -0.39 is 0 Å². The Morgan fingerprint density at radius 1 is 1.24 bits per heavy atom. The third-order valence-electron chi connectivity index (χ3n) is 4.94. The first-order chi connectivity index (χ1) is 10.2. The van der Waals surface area contributed by atoms with Crippen LogP contribution in [-0.4, -0.2) is 36.6 Å². The number of benzene rings is 1. The van der Waals surface area contributed by atoms with Crippen LogP contribution < -0.4 is 0 Å². The highest BCUT2D eigenvalue weighted by atomic mass is 16.5. The van der Waals surface area contributed by atoms with E-state index in [9.17, 15) is 4.79 Å². The number of hydrogen-bond donors (Lipinski definition) is 0. The summed E-state index contributed by atoms with van der Waals surface area (Å²) in [6.45, 7) is 0.870. The maximum atomic E-state index is 12.4. The van der Waals surface area contributed by atoms with Gasteiger partial charge in [0.1, 0.15) is 0 Å². The summed E-state index contributed by atoms with van der Waals surface area (Å²) in [5.74, 6) is 0.469. The number of rotatable bonds is 4. The highest BCUT2D eigenvalue weighted by Crippen LogP contribution is 2.31. The number of ether oxygens (including phenoxy) is 1. The Morgan fingerprint density at radius 3 is 2.76 bits per heavy atom. The lowest BCUT2D eigenvalue weighted by Gasteiger charge is -2.24. The van der Waals surface area contributed by atoms with E-state index in [1.165, 1.54) is 18.4 Å². The fourth-order valence-electron chi connectivity index (χ4n) is 3.67. The summed E-state index contributed by atoms with van der Waals surface area (Å²) in [7, 11) is 1.96. The minimum atomic E-state index is 0.159. The first-order valence-electron chi connectivity index (χ1n) is 8.16. The average molecular weight is 287 g/mol. The summed E-state index contributed by atoms with van der Waals surface area (Å²) in [5, 5.41) is 0. The van der Waals surface area contributed by atoms with Gasteiger partial charge in [0.15, 0.2) is 0 Å². The topological polar surface area (TPSA) is 29.5 Å². The second kappa shape index (κ2) is 6.61. The Hall–Kier alpha value is -1.35. The van der Waals surface area contributed by atoms with E-state index in [1.54, 1.807) is 0 Å². The number of nitrogens with zero attached hydrogens (tertiary/aromatic N) is 1. The van der Waals surface area contributed by atoms with Gasteiger partial charge < -0.3 is 9.64 Å². The zero-order chi connectivity index (χ0) is 14.7. The molecule has 2 unspecified atom stereocenters. The second-order valence-electron chi connectivity index (χ2n) is 6.45. The molecule has 3 rings (SSSR count). The standard InChI is InChI=1S/C18H25NO2/c1-19-16(11-14-7-3-2-4-8-14)12-15(18(19)20)13-17-9-5-6-10-21-17/h2-4,7-8,15-17H,5-6,9-13H2,1H3/t15?,16-,17?/m0/s1. The summed E-state index contributed by atoms with van der Waals surface area (Å²) < 4.78 is 5.81. The van der Waals surface area contributed by atoms with Crippen LogP contribution in [0, 0.1) is 5.92 Å². The largest absolute Gasteiger partial charge is 0.378 e. The summed E-state index contributed by atoms with van der Waals surface area (Å²) in [6.07, 6.45) is 6.69. The average Bonchev–Trinajstić information content (AvgIpc) is 2.78. The van der Waals surface area contributed by atoms with Gasteiger partial charge in [-0.3, -0.25) is 4.79 Å². The molecular formula is C18H25NO2. The Balaban J connectivity index is 1.59. The molecule has 0 spiro atoms. The Bertz CT molecular complexity index is 467. The number of amides is 1. The molecule has 2 aliphatic heterocycles. The van der Waals surface area contributed by atoms with Crippen molar-refractivity contribution in [1.82, 2.24) is 4.90 Å². The smallest absolute Gasteiger partial charge is 0.225 e. The predicted molar refractivity (Wildman–Crippen MR) is 83.0 cm³/mol. The number of hydrogen-bond acceptors (Lipinski definition) is 2. The molecule has 2 heterocycles. The van der Waals surface area contributed by atoms with Gasteiger partial charge in [0.25, 0.3) is 0 Å². The molecule has 0 bridgehead atoms. The van der Waals surface area contributed by atoms with Crippen molar-refractivity contribution in [3.05, 3.63) is 35.9 Å². The maximum absolute atomic E-state index is 12.4. The van der Waals surface area contributed by atoms with E-state index in [0.29, 0.717) is 18.1 Å². The van der Waals surface area contributed by atoms with E-state index in [0.717, 1.165) is 32.3 Å². The molecule has 0 N–H and O–H groups in total. The molecule has 3 heteroatoms. The summed E-state index contributed by atoms with van der Waals surface area (Å²) in [6, 6.07) is 10.8.